The van der Waals surface area contributed by atoms with Crippen LogP contribution in [0.1, 0.15) is 24.3 Å². The van der Waals surface area contributed by atoms with Gasteiger partial charge in [-0.15, -0.1) is 24.2 Å². The van der Waals surface area contributed by atoms with Crippen LogP contribution in [0.5, 0.6) is 0 Å². The van der Waals surface area contributed by atoms with Gasteiger partial charge in [0, 0.05) is 4.90 Å². The Morgan fingerprint density at radius 3 is 2.47 bits per heavy atom. The lowest BCUT2D eigenvalue weighted by atomic mass is 9.90. The molecule has 0 radical (unpaired) electrons. The van der Waals surface area contributed by atoms with E-state index in [-0.39, 0.29) is 12.4 Å². The fraction of sp³-hybridized carbons (Fsp3) is 0.500. The Balaban J connectivity index is 0.00000144. The highest BCUT2D eigenvalue weighted by Crippen LogP contribution is 2.35. The Morgan fingerprint density at radius 2 is 1.88 bits per heavy atom. The minimum Gasteiger partial charge on any atom is -0.317 e. The molecule has 0 saturated carbocycles. The lowest BCUT2D eigenvalue weighted by Crippen LogP contribution is -2.27. The van der Waals surface area contributed by atoms with Gasteiger partial charge in [-0.2, -0.15) is 0 Å². The van der Waals surface area contributed by atoms with E-state index in [4.69, 9.17) is 0 Å². The van der Waals surface area contributed by atoms with E-state index in [1.54, 1.807) is 12.3 Å². The van der Waals surface area contributed by atoms with E-state index >= 15 is 0 Å². The quantitative estimate of drug-likeness (QED) is 0.831. The molecule has 2 rings (SSSR count). The largest absolute Gasteiger partial charge is 0.317 e. The first-order valence-electron chi connectivity index (χ1n) is 5.46. The van der Waals surface area contributed by atoms with Gasteiger partial charge in [-0.3, -0.25) is 0 Å². The van der Waals surface area contributed by atoms with E-state index in [0.29, 0.717) is 10.8 Å². The second-order valence-corrected chi connectivity index (χ2v) is 4.82. The fourth-order valence-corrected chi connectivity index (χ4v) is 2.96. The summed E-state index contributed by atoms with van der Waals surface area (Å²) >= 11 is 1.29. The summed E-state index contributed by atoms with van der Waals surface area (Å²) < 4.78 is 26.7. The minimum absolute atomic E-state index is 0. The zero-order chi connectivity index (χ0) is 11.5. The summed E-state index contributed by atoms with van der Waals surface area (Å²) in [4.78, 5) is 0.479. The molecule has 1 aromatic carbocycles. The third-order valence-corrected chi connectivity index (χ3v) is 3.89. The van der Waals surface area contributed by atoms with Crippen LogP contribution >= 0.6 is 24.2 Å². The van der Waals surface area contributed by atoms with Crippen LogP contribution in [0.4, 0.5) is 8.78 Å². The van der Waals surface area contributed by atoms with Gasteiger partial charge < -0.3 is 5.32 Å². The van der Waals surface area contributed by atoms with E-state index in [0.717, 1.165) is 31.5 Å². The number of piperidine rings is 1. The van der Waals surface area contributed by atoms with Gasteiger partial charge in [-0.25, -0.2) is 8.78 Å². The van der Waals surface area contributed by atoms with Gasteiger partial charge in [0.05, 0.1) is 0 Å². The van der Waals surface area contributed by atoms with Crippen LogP contribution in [0.2, 0.25) is 0 Å². The van der Waals surface area contributed by atoms with Crippen LogP contribution in [-0.2, 0) is 0 Å². The van der Waals surface area contributed by atoms with Crippen molar-refractivity contribution in [1.29, 1.82) is 0 Å². The van der Waals surface area contributed by atoms with Gasteiger partial charge >= 0.3 is 0 Å². The van der Waals surface area contributed by atoms with Crippen LogP contribution in [0.25, 0.3) is 0 Å². The molecule has 0 aliphatic carbocycles. The average Bonchev–Trinajstić information content (AvgIpc) is 2.33. The first-order chi connectivity index (χ1) is 7.74. The summed E-state index contributed by atoms with van der Waals surface area (Å²) in [5.74, 6) is -1.08. The van der Waals surface area contributed by atoms with Crippen molar-refractivity contribution < 1.29 is 8.78 Å². The van der Waals surface area contributed by atoms with Crippen LogP contribution in [0.3, 0.4) is 0 Å². The Kier molecular flexibility index (Phi) is 5.70. The van der Waals surface area contributed by atoms with Crippen molar-refractivity contribution in [3.63, 3.8) is 0 Å². The summed E-state index contributed by atoms with van der Waals surface area (Å²) in [6.07, 6.45) is 3.79. The van der Waals surface area contributed by atoms with Gasteiger partial charge in [-0.05, 0) is 49.7 Å². The average molecular weight is 280 g/mol. The monoisotopic (exact) mass is 279 g/mol. The molecule has 1 aliphatic heterocycles. The molecule has 1 saturated heterocycles. The third-order valence-electron chi connectivity index (χ3n) is 3.06. The lowest BCUT2D eigenvalue weighted by Gasteiger charge is -2.24. The highest BCUT2D eigenvalue weighted by atomic mass is 35.5. The van der Waals surface area contributed by atoms with E-state index < -0.39 is 11.6 Å². The summed E-state index contributed by atoms with van der Waals surface area (Å²) in [5, 5.41) is 3.27. The molecule has 1 aromatic rings. The van der Waals surface area contributed by atoms with E-state index in [9.17, 15) is 8.78 Å². The second-order valence-electron chi connectivity index (χ2n) is 4.01. The van der Waals surface area contributed by atoms with E-state index in [2.05, 4.69) is 5.32 Å². The standard InChI is InChI=1S/C12H15F2NS.ClH/c1-16-12-9(2-3-10(13)11(12)14)8-4-6-15-7-5-8;/h2-3,8,15H,4-7H2,1H3;1H. The molecule has 17 heavy (non-hydrogen) atoms. The van der Waals surface area contributed by atoms with Crippen molar-refractivity contribution in [2.24, 2.45) is 0 Å². The van der Waals surface area contributed by atoms with Crippen molar-refractivity contribution in [1.82, 2.24) is 5.32 Å². The Morgan fingerprint density at radius 1 is 1.24 bits per heavy atom. The molecule has 1 fully saturated rings. The zero-order valence-corrected chi connectivity index (χ0v) is 11.3. The lowest BCUT2D eigenvalue weighted by molar-refractivity contribution is 0.442. The highest BCUT2D eigenvalue weighted by Gasteiger charge is 2.21. The molecule has 5 heteroatoms. The first-order valence-corrected chi connectivity index (χ1v) is 6.69. The molecule has 0 unspecified atom stereocenters. The maximum absolute atomic E-state index is 13.6. The van der Waals surface area contributed by atoms with Crippen molar-refractivity contribution in [3.05, 3.63) is 29.3 Å². The van der Waals surface area contributed by atoms with Crippen molar-refractivity contribution >= 4 is 24.2 Å². The predicted octanol–water partition coefficient (Wildman–Crippen LogP) is 3.58. The molecule has 0 bridgehead atoms. The molecule has 1 aliphatic rings. The molecule has 0 aromatic heterocycles. The Labute approximate surface area is 111 Å². The molecular formula is C12H16ClF2NS. The number of benzene rings is 1. The van der Waals surface area contributed by atoms with Gasteiger partial charge in [0.2, 0.25) is 0 Å². The highest BCUT2D eigenvalue weighted by molar-refractivity contribution is 7.98. The number of rotatable bonds is 2. The summed E-state index contributed by atoms with van der Waals surface area (Å²) in [6, 6.07) is 2.98. The number of halogens is 3. The SMILES string of the molecule is CSc1c(C2CCNCC2)ccc(F)c1F.Cl. The van der Waals surface area contributed by atoms with Crippen molar-refractivity contribution in [3.8, 4) is 0 Å². The number of hydrogen-bond donors (Lipinski definition) is 1. The molecule has 1 nitrogen and oxygen atoms in total. The molecule has 0 amide bonds. The van der Waals surface area contributed by atoms with Gasteiger partial charge in [0.15, 0.2) is 11.6 Å². The number of thioether (sulfide) groups is 1. The zero-order valence-electron chi connectivity index (χ0n) is 9.63. The summed E-state index contributed by atoms with van der Waals surface area (Å²) in [7, 11) is 0. The van der Waals surface area contributed by atoms with Crippen LogP contribution in [-0.4, -0.2) is 19.3 Å². The van der Waals surface area contributed by atoms with Crippen molar-refractivity contribution in [2.75, 3.05) is 19.3 Å². The molecule has 0 spiro atoms. The van der Waals surface area contributed by atoms with Crippen LogP contribution in [0, 0.1) is 11.6 Å². The smallest absolute Gasteiger partial charge is 0.172 e. The minimum atomic E-state index is -0.748. The summed E-state index contributed by atoms with van der Waals surface area (Å²) in [5.41, 5.74) is 0.966. The van der Waals surface area contributed by atoms with Crippen LogP contribution < -0.4 is 5.32 Å². The van der Waals surface area contributed by atoms with Gasteiger partial charge in [-0.1, -0.05) is 6.07 Å². The fourth-order valence-electron chi connectivity index (χ4n) is 2.21. The topological polar surface area (TPSA) is 12.0 Å². The maximum Gasteiger partial charge on any atom is 0.172 e. The maximum atomic E-state index is 13.6. The normalized spacial score (nSPS) is 16.6. The van der Waals surface area contributed by atoms with E-state index in [1.807, 2.05) is 0 Å². The Bertz CT molecular complexity index is 381. The van der Waals surface area contributed by atoms with Crippen molar-refractivity contribution in [2.45, 2.75) is 23.7 Å². The third kappa shape index (κ3) is 3.12. The first kappa shape index (κ1) is 14.7. The second kappa shape index (κ2) is 6.57. The predicted molar refractivity (Wildman–Crippen MR) is 70.2 cm³/mol. The molecular weight excluding hydrogens is 264 g/mol. The molecule has 0 atom stereocenters. The molecule has 1 heterocycles. The van der Waals surface area contributed by atoms with Gasteiger partial charge in [0.25, 0.3) is 0 Å². The number of hydrogen-bond acceptors (Lipinski definition) is 2. The molecule has 96 valence electrons. The van der Waals surface area contributed by atoms with Gasteiger partial charge in [0.1, 0.15) is 0 Å². The summed E-state index contributed by atoms with van der Waals surface area (Å²) in [6.45, 7) is 1.91. The van der Waals surface area contributed by atoms with E-state index in [1.165, 1.54) is 17.8 Å². The molecule has 1 N–H and O–H groups in total. The Hall–Kier alpha value is -0.320. The number of nitrogens with one attached hydrogen (secondary N) is 1. The van der Waals surface area contributed by atoms with Crippen LogP contribution in [0.15, 0.2) is 17.0 Å².